The van der Waals surface area contributed by atoms with Gasteiger partial charge in [-0.05, 0) is 57.8 Å². The van der Waals surface area contributed by atoms with Crippen molar-refractivity contribution in [2.45, 2.75) is 79.6 Å². The fourth-order valence-electron chi connectivity index (χ4n) is 6.04. The fraction of sp³-hybridized carbons (Fsp3) is 0.850. The number of hydrogen-bond donors (Lipinski definition) is 0. The van der Waals surface area contributed by atoms with Gasteiger partial charge in [0.1, 0.15) is 5.92 Å². The van der Waals surface area contributed by atoms with Gasteiger partial charge < -0.3 is 0 Å². The SMILES string of the molecule is C/C1=C\CC[C@H](C)[C+]2C[C@@]3(C)CCC(C)(C)[C@H]3[C@@H]2CC1. The topological polar surface area (TPSA) is 0 Å². The molecule has 112 valence electrons. The van der Waals surface area contributed by atoms with Gasteiger partial charge in [0.25, 0.3) is 0 Å². The minimum atomic E-state index is 0.562. The van der Waals surface area contributed by atoms with Crippen molar-refractivity contribution in [3.8, 4) is 0 Å². The first-order valence-corrected chi connectivity index (χ1v) is 8.85. The molecule has 0 N–H and O–H groups in total. The molecule has 3 aliphatic carbocycles. The number of hydrogen-bond acceptors (Lipinski definition) is 0. The van der Waals surface area contributed by atoms with Gasteiger partial charge in [0, 0.05) is 11.3 Å². The van der Waals surface area contributed by atoms with Crippen molar-refractivity contribution < 1.29 is 0 Å². The van der Waals surface area contributed by atoms with Crippen LogP contribution in [0.25, 0.3) is 0 Å². The lowest BCUT2D eigenvalue weighted by Gasteiger charge is -2.33. The van der Waals surface area contributed by atoms with Gasteiger partial charge in [0.15, 0.2) is 0 Å². The molecule has 2 fully saturated rings. The lowest BCUT2D eigenvalue weighted by atomic mass is 9.67. The molecule has 0 unspecified atom stereocenters. The molecule has 0 spiro atoms. The van der Waals surface area contributed by atoms with Crippen molar-refractivity contribution in [2.75, 3.05) is 0 Å². The standard InChI is InChI=1S/C20H33/c1-14-7-6-8-15(2)17-13-20(5)12-11-19(3,4)18(20)16(17)10-9-14/h7,15-16,18H,6,8-13H2,1-5H3/q+1/b14-7+/t15-,16+,18+,20+/m0/s1. The maximum atomic E-state index is 2.60. The summed E-state index contributed by atoms with van der Waals surface area (Å²) in [5.74, 6) is 4.65. The Kier molecular flexibility index (Phi) is 3.50. The van der Waals surface area contributed by atoms with Crippen LogP contribution in [0.1, 0.15) is 79.6 Å². The molecule has 0 aromatic carbocycles. The van der Waals surface area contributed by atoms with E-state index in [4.69, 9.17) is 0 Å². The van der Waals surface area contributed by atoms with Gasteiger partial charge in [0.2, 0.25) is 0 Å². The molecule has 3 aliphatic rings. The highest BCUT2D eigenvalue weighted by atomic mass is 14.6. The van der Waals surface area contributed by atoms with Crippen LogP contribution in [0, 0.1) is 34.5 Å². The lowest BCUT2D eigenvalue weighted by Crippen LogP contribution is -2.31. The zero-order valence-corrected chi connectivity index (χ0v) is 14.3. The fourth-order valence-corrected chi connectivity index (χ4v) is 6.04. The highest BCUT2D eigenvalue weighted by Crippen LogP contribution is 2.68. The van der Waals surface area contributed by atoms with Crippen LogP contribution in [0.15, 0.2) is 11.6 Å². The second-order valence-corrected chi connectivity index (χ2v) is 9.05. The van der Waals surface area contributed by atoms with E-state index in [1.54, 1.807) is 5.57 Å². The van der Waals surface area contributed by atoms with E-state index in [0.29, 0.717) is 10.8 Å². The second kappa shape index (κ2) is 4.82. The summed E-state index contributed by atoms with van der Waals surface area (Å²) in [6.07, 6.45) is 12.3. The Bertz CT molecular complexity index is 402. The van der Waals surface area contributed by atoms with Crippen LogP contribution in [-0.2, 0) is 0 Å². The maximum absolute atomic E-state index is 2.60. The van der Waals surface area contributed by atoms with Crippen molar-refractivity contribution >= 4 is 0 Å². The van der Waals surface area contributed by atoms with Crippen molar-refractivity contribution in [1.82, 2.24) is 0 Å². The van der Waals surface area contributed by atoms with E-state index in [1.807, 2.05) is 5.92 Å². The van der Waals surface area contributed by atoms with Crippen LogP contribution in [0.4, 0.5) is 0 Å². The molecule has 3 rings (SSSR count). The molecule has 0 saturated heterocycles. The number of fused-ring (bicyclic) bond motifs is 3. The summed E-state index contributed by atoms with van der Waals surface area (Å²) in [6.45, 7) is 12.6. The largest absolute Gasteiger partial charge is 0.105 e. The van der Waals surface area contributed by atoms with Crippen LogP contribution in [-0.4, -0.2) is 0 Å². The van der Waals surface area contributed by atoms with Gasteiger partial charge in [-0.3, -0.25) is 0 Å². The van der Waals surface area contributed by atoms with Gasteiger partial charge in [-0.15, -0.1) is 0 Å². The first-order valence-electron chi connectivity index (χ1n) is 8.85. The summed E-state index contributed by atoms with van der Waals surface area (Å²) < 4.78 is 0. The molecular weight excluding hydrogens is 240 g/mol. The summed E-state index contributed by atoms with van der Waals surface area (Å²) >= 11 is 0. The lowest BCUT2D eigenvalue weighted by molar-refractivity contribution is 0.128. The van der Waals surface area contributed by atoms with E-state index in [0.717, 1.165) is 17.8 Å². The van der Waals surface area contributed by atoms with Crippen LogP contribution >= 0.6 is 0 Å². The van der Waals surface area contributed by atoms with E-state index in [9.17, 15) is 0 Å². The van der Waals surface area contributed by atoms with Crippen LogP contribution in [0.5, 0.6) is 0 Å². The Morgan fingerprint density at radius 2 is 1.90 bits per heavy atom. The van der Waals surface area contributed by atoms with Crippen LogP contribution in [0.2, 0.25) is 0 Å². The van der Waals surface area contributed by atoms with Gasteiger partial charge in [0.05, 0.1) is 18.3 Å². The maximum Gasteiger partial charge on any atom is 0.105 e. The molecule has 0 aromatic heterocycles. The third-order valence-corrected chi connectivity index (χ3v) is 6.99. The van der Waals surface area contributed by atoms with Crippen molar-refractivity contribution in [3.05, 3.63) is 17.6 Å². The van der Waals surface area contributed by atoms with E-state index in [-0.39, 0.29) is 0 Å². The Morgan fingerprint density at radius 1 is 1.15 bits per heavy atom. The monoisotopic (exact) mass is 273 g/mol. The minimum absolute atomic E-state index is 0.562. The average molecular weight is 273 g/mol. The molecule has 0 heteroatoms. The van der Waals surface area contributed by atoms with Gasteiger partial charge >= 0.3 is 0 Å². The van der Waals surface area contributed by atoms with Crippen molar-refractivity contribution in [1.29, 1.82) is 0 Å². The molecule has 0 heterocycles. The predicted octanol–water partition coefficient (Wildman–Crippen LogP) is 6.18. The molecule has 20 heavy (non-hydrogen) atoms. The average Bonchev–Trinajstić information content (AvgIpc) is 2.80. The van der Waals surface area contributed by atoms with E-state index in [2.05, 4.69) is 40.7 Å². The summed E-state index contributed by atoms with van der Waals surface area (Å²) in [4.78, 5) is 0. The normalized spacial score (nSPS) is 46.8. The second-order valence-electron chi connectivity index (χ2n) is 9.05. The summed E-state index contributed by atoms with van der Waals surface area (Å²) in [5.41, 5.74) is 2.82. The van der Waals surface area contributed by atoms with Gasteiger partial charge in [-0.25, -0.2) is 0 Å². The highest BCUT2D eigenvalue weighted by Gasteiger charge is 2.66. The Morgan fingerprint density at radius 3 is 2.65 bits per heavy atom. The van der Waals surface area contributed by atoms with E-state index >= 15 is 0 Å². The molecule has 0 aliphatic heterocycles. The van der Waals surface area contributed by atoms with Crippen LogP contribution in [0.3, 0.4) is 0 Å². The third kappa shape index (κ3) is 2.24. The summed E-state index contributed by atoms with van der Waals surface area (Å²) in [5, 5.41) is 0. The van der Waals surface area contributed by atoms with Crippen molar-refractivity contribution in [3.63, 3.8) is 0 Å². The Hall–Kier alpha value is -0.390. The van der Waals surface area contributed by atoms with Gasteiger partial charge in [-0.1, -0.05) is 32.4 Å². The van der Waals surface area contributed by atoms with E-state index < -0.39 is 0 Å². The number of allylic oxidation sites excluding steroid dienone is 2. The zero-order valence-electron chi connectivity index (χ0n) is 14.3. The molecule has 0 nitrogen and oxygen atoms in total. The predicted molar refractivity (Wildman–Crippen MR) is 87.4 cm³/mol. The smallest absolute Gasteiger partial charge is 0.0854 e. The van der Waals surface area contributed by atoms with E-state index in [1.165, 1.54) is 44.9 Å². The van der Waals surface area contributed by atoms with Crippen LogP contribution < -0.4 is 0 Å². The van der Waals surface area contributed by atoms with Gasteiger partial charge in [-0.2, -0.15) is 0 Å². The first-order chi connectivity index (χ1) is 9.33. The Labute approximate surface area is 126 Å². The molecule has 0 amide bonds. The number of rotatable bonds is 0. The molecular formula is C20H33+. The third-order valence-electron chi connectivity index (χ3n) is 6.99. The summed E-state index contributed by atoms with van der Waals surface area (Å²) in [7, 11) is 0. The molecule has 4 atom stereocenters. The first kappa shape index (κ1) is 14.5. The molecule has 0 aromatic rings. The minimum Gasteiger partial charge on any atom is -0.0854 e. The Balaban J connectivity index is 1.92. The van der Waals surface area contributed by atoms with Crippen molar-refractivity contribution in [2.24, 2.45) is 28.6 Å². The zero-order chi connectivity index (χ0) is 14.5. The summed E-state index contributed by atoms with van der Waals surface area (Å²) in [6, 6.07) is 0. The quantitative estimate of drug-likeness (QED) is 0.365. The molecule has 0 bridgehead atoms. The molecule has 0 radical (unpaired) electrons. The molecule has 2 saturated carbocycles. The highest BCUT2D eigenvalue weighted by molar-refractivity contribution is 5.21.